The minimum absolute atomic E-state index is 0.382. The summed E-state index contributed by atoms with van der Waals surface area (Å²) in [5, 5.41) is 4.42. The van der Waals surface area contributed by atoms with Gasteiger partial charge in [0.1, 0.15) is 0 Å². The largest absolute Gasteiger partial charge is 0.253 e. The second-order valence-electron chi connectivity index (χ2n) is 6.47. The fraction of sp³-hybridized carbons (Fsp3) is 0.211. The number of hydrogen-bond donors (Lipinski definition) is 0. The van der Waals surface area contributed by atoms with Crippen molar-refractivity contribution in [2.24, 2.45) is 5.10 Å². The van der Waals surface area contributed by atoms with Crippen LogP contribution in [0.15, 0.2) is 60.0 Å². The summed E-state index contributed by atoms with van der Waals surface area (Å²) in [5.41, 5.74) is 5.22. The van der Waals surface area contributed by atoms with Gasteiger partial charge in [-0.15, -0.1) is 0 Å². The summed E-state index contributed by atoms with van der Waals surface area (Å²) >= 11 is 0. The fourth-order valence-electron chi connectivity index (χ4n) is 3.15. The molecule has 0 aliphatic carbocycles. The Balaban J connectivity index is 1.76. The number of hydrogen-bond acceptors (Lipinski definition) is 5. The third-order valence-corrected chi connectivity index (χ3v) is 5.49. The van der Waals surface area contributed by atoms with Gasteiger partial charge < -0.3 is 0 Å². The van der Waals surface area contributed by atoms with Gasteiger partial charge in [0.05, 0.1) is 29.0 Å². The Hall–Kier alpha value is -2.80. The molecule has 1 aromatic heterocycles. The summed E-state index contributed by atoms with van der Waals surface area (Å²) in [5.74, 6) is 0. The smallest absolute Gasteiger partial charge is 0.247 e. The topological polar surface area (TPSA) is 75.5 Å². The lowest BCUT2D eigenvalue weighted by atomic mass is 9.98. The van der Waals surface area contributed by atoms with Crippen LogP contribution in [-0.4, -0.2) is 34.8 Å². The molecule has 0 radical (unpaired) electrons. The molecule has 26 heavy (non-hydrogen) atoms. The molecular formula is C19H18N4O2S. The highest BCUT2D eigenvalue weighted by molar-refractivity contribution is 7.88. The average molecular weight is 366 g/mol. The summed E-state index contributed by atoms with van der Waals surface area (Å²) in [7, 11) is -3.49. The lowest BCUT2D eigenvalue weighted by Gasteiger charge is -2.21. The first-order chi connectivity index (χ1) is 12.4. The predicted molar refractivity (Wildman–Crippen MR) is 101 cm³/mol. The summed E-state index contributed by atoms with van der Waals surface area (Å²) in [6.45, 7) is 2.02. The third-order valence-electron chi connectivity index (χ3n) is 4.48. The molecule has 0 spiro atoms. The van der Waals surface area contributed by atoms with E-state index in [-0.39, 0.29) is 6.04 Å². The number of sulfonamides is 1. The van der Waals surface area contributed by atoms with Crippen molar-refractivity contribution in [3.8, 4) is 0 Å². The van der Waals surface area contributed by atoms with Gasteiger partial charge >= 0.3 is 0 Å². The molecule has 132 valence electrons. The summed E-state index contributed by atoms with van der Waals surface area (Å²) in [4.78, 5) is 8.58. The molecule has 0 amide bonds. The molecule has 7 heteroatoms. The number of nitrogens with zero attached hydrogens (tertiary/aromatic N) is 4. The number of benzene rings is 2. The van der Waals surface area contributed by atoms with Gasteiger partial charge in [0.25, 0.3) is 0 Å². The van der Waals surface area contributed by atoms with Crippen molar-refractivity contribution in [3.05, 3.63) is 71.5 Å². The van der Waals surface area contributed by atoms with Gasteiger partial charge in [-0.2, -0.15) is 9.52 Å². The second kappa shape index (κ2) is 6.17. The zero-order chi connectivity index (χ0) is 18.3. The molecule has 1 aliphatic rings. The highest BCUT2D eigenvalue weighted by atomic mass is 32.2. The van der Waals surface area contributed by atoms with Crippen LogP contribution in [0.2, 0.25) is 0 Å². The van der Waals surface area contributed by atoms with Gasteiger partial charge in [0.15, 0.2) is 0 Å². The van der Waals surface area contributed by atoms with Crippen LogP contribution in [0.1, 0.15) is 29.2 Å². The Bertz CT molecular complexity index is 1110. The SMILES string of the molecule is Cc1ccc(C2=NN(S(C)(=O)=O)C(c3ccc4nccnc4c3)C2)cc1. The molecule has 1 unspecified atom stereocenters. The Morgan fingerprint density at radius 3 is 2.38 bits per heavy atom. The van der Waals surface area contributed by atoms with Gasteiger partial charge in [0, 0.05) is 18.8 Å². The van der Waals surface area contributed by atoms with Crippen molar-refractivity contribution in [1.29, 1.82) is 0 Å². The normalized spacial score (nSPS) is 17.5. The molecule has 2 heterocycles. The molecule has 1 atom stereocenters. The van der Waals surface area contributed by atoms with Gasteiger partial charge in [-0.1, -0.05) is 35.9 Å². The van der Waals surface area contributed by atoms with Crippen molar-refractivity contribution >= 4 is 26.8 Å². The van der Waals surface area contributed by atoms with Gasteiger partial charge in [0.2, 0.25) is 10.0 Å². The standard InChI is InChI=1S/C19H18N4O2S/c1-13-3-5-14(6-4-13)17-12-19(23(22-17)26(2,24)25)15-7-8-16-18(11-15)21-10-9-20-16/h3-11,19H,12H2,1-2H3. The molecule has 0 N–H and O–H groups in total. The van der Waals surface area contributed by atoms with Crippen molar-refractivity contribution in [3.63, 3.8) is 0 Å². The van der Waals surface area contributed by atoms with E-state index in [4.69, 9.17) is 0 Å². The first-order valence-corrected chi connectivity index (χ1v) is 10.1. The predicted octanol–water partition coefficient (Wildman–Crippen LogP) is 3.05. The third kappa shape index (κ3) is 3.06. The highest BCUT2D eigenvalue weighted by Gasteiger charge is 2.34. The summed E-state index contributed by atoms with van der Waals surface area (Å²) in [6.07, 6.45) is 4.96. The Labute approximate surface area is 152 Å². The van der Waals surface area contributed by atoms with E-state index >= 15 is 0 Å². The van der Waals surface area contributed by atoms with Crippen LogP contribution in [0.5, 0.6) is 0 Å². The molecule has 4 rings (SSSR count). The van der Waals surface area contributed by atoms with Crippen molar-refractivity contribution in [2.75, 3.05) is 6.26 Å². The van der Waals surface area contributed by atoms with Crippen molar-refractivity contribution < 1.29 is 8.42 Å². The van der Waals surface area contributed by atoms with Crippen molar-refractivity contribution in [2.45, 2.75) is 19.4 Å². The molecule has 3 aromatic rings. The zero-order valence-electron chi connectivity index (χ0n) is 14.5. The van der Waals surface area contributed by atoms with Crippen LogP contribution >= 0.6 is 0 Å². The Morgan fingerprint density at radius 2 is 1.69 bits per heavy atom. The number of aryl methyl sites for hydroxylation is 1. The van der Waals surface area contributed by atoms with E-state index in [0.29, 0.717) is 6.42 Å². The Morgan fingerprint density at radius 1 is 1.00 bits per heavy atom. The average Bonchev–Trinajstić information content (AvgIpc) is 3.08. The van der Waals surface area contributed by atoms with Crippen LogP contribution in [0.3, 0.4) is 0 Å². The lowest BCUT2D eigenvalue weighted by molar-refractivity contribution is 0.375. The first-order valence-electron chi connectivity index (χ1n) is 8.26. The zero-order valence-corrected chi connectivity index (χ0v) is 15.3. The molecule has 1 aliphatic heterocycles. The van der Waals surface area contributed by atoms with E-state index in [0.717, 1.165) is 33.4 Å². The molecular weight excluding hydrogens is 348 g/mol. The van der Waals surface area contributed by atoms with Crippen molar-refractivity contribution in [1.82, 2.24) is 14.4 Å². The van der Waals surface area contributed by atoms with Gasteiger partial charge in [-0.3, -0.25) is 9.97 Å². The van der Waals surface area contributed by atoms with E-state index in [1.165, 1.54) is 10.7 Å². The van der Waals surface area contributed by atoms with Gasteiger partial charge in [-0.05, 0) is 30.2 Å². The first kappa shape index (κ1) is 16.7. The maximum atomic E-state index is 12.3. The van der Waals surface area contributed by atoms with Crippen LogP contribution < -0.4 is 0 Å². The quantitative estimate of drug-likeness (QED) is 0.714. The summed E-state index contributed by atoms with van der Waals surface area (Å²) in [6, 6.07) is 13.2. The van der Waals surface area contributed by atoms with E-state index in [1.54, 1.807) is 12.4 Å². The molecule has 0 saturated heterocycles. The van der Waals surface area contributed by atoms with E-state index in [1.807, 2.05) is 49.4 Å². The van der Waals surface area contributed by atoms with Crippen LogP contribution in [0.25, 0.3) is 11.0 Å². The lowest BCUT2D eigenvalue weighted by Crippen LogP contribution is -2.25. The number of fused-ring (bicyclic) bond motifs is 1. The molecule has 0 fully saturated rings. The maximum Gasteiger partial charge on any atom is 0.247 e. The monoisotopic (exact) mass is 366 g/mol. The van der Waals surface area contributed by atoms with Crippen LogP contribution in [0.4, 0.5) is 0 Å². The van der Waals surface area contributed by atoms with Crippen LogP contribution in [0, 0.1) is 6.92 Å². The van der Waals surface area contributed by atoms with E-state index in [2.05, 4.69) is 15.1 Å². The summed E-state index contributed by atoms with van der Waals surface area (Å²) < 4.78 is 25.8. The minimum atomic E-state index is -3.49. The van der Waals surface area contributed by atoms with E-state index < -0.39 is 10.0 Å². The highest BCUT2D eigenvalue weighted by Crippen LogP contribution is 2.35. The van der Waals surface area contributed by atoms with Gasteiger partial charge in [-0.25, -0.2) is 8.42 Å². The van der Waals surface area contributed by atoms with E-state index in [9.17, 15) is 8.42 Å². The maximum absolute atomic E-state index is 12.3. The second-order valence-corrected chi connectivity index (χ2v) is 8.31. The Kier molecular flexibility index (Phi) is 3.96. The molecule has 6 nitrogen and oxygen atoms in total. The number of rotatable bonds is 3. The molecule has 0 bridgehead atoms. The fourth-order valence-corrected chi connectivity index (χ4v) is 4.06. The number of hydrazone groups is 1. The molecule has 2 aromatic carbocycles. The number of aromatic nitrogens is 2. The van der Waals surface area contributed by atoms with Crippen LogP contribution in [-0.2, 0) is 10.0 Å². The minimum Gasteiger partial charge on any atom is -0.253 e. The molecule has 0 saturated carbocycles.